The summed E-state index contributed by atoms with van der Waals surface area (Å²) < 4.78 is 41.6. The van der Waals surface area contributed by atoms with Gasteiger partial charge in [-0.05, 0) is 44.7 Å². The van der Waals surface area contributed by atoms with E-state index in [4.69, 9.17) is 0 Å². The summed E-state index contributed by atoms with van der Waals surface area (Å²) in [6, 6.07) is 7.76. The average molecular weight is 475 g/mol. The Labute approximate surface area is 197 Å². The minimum Gasteiger partial charge on any atom is -0.368 e. The van der Waals surface area contributed by atoms with Crippen LogP contribution in [0.3, 0.4) is 0 Å². The number of carbonyl (C=O) groups excluding carboxylic acids is 1. The van der Waals surface area contributed by atoms with Crippen LogP contribution in [0.2, 0.25) is 0 Å². The molecule has 3 heterocycles. The molecule has 3 atom stereocenters. The summed E-state index contributed by atoms with van der Waals surface area (Å²) in [5.74, 6) is -1.82. The maximum Gasteiger partial charge on any atom is 0.393 e. The molecule has 7 nitrogen and oxygen atoms in total. The van der Waals surface area contributed by atoms with E-state index in [9.17, 15) is 23.2 Å². The van der Waals surface area contributed by atoms with Crippen molar-refractivity contribution < 1.29 is 18.0 Å². The fourth-order valence-corrected chi connectivity index (χ4v) is 4.86. The maximum atomic E-state index is 13.9. The summed E-state index contributed by atoms with van der Waals surface area (Å²) in [5.41, 5.74) is 1.41. The summed E-state index contributed by atoms with van der Waals surface area (Å²) >= 11 is 0. The number of likely N-dealkylation sites (N-methyl/N-ethyl adjacent to an activating group) is 1. The van der Waals surface area contributed by atoms with Crippen molar-refractivity contribution in [2.45, 2.75) is 31.6 Å². The van der Waals surface area contributed by atoms with Gasteiger partial charge >= 0.3 is 6.18 Å². The zero-order chi connectivity index (χ0) is 24.5. The van der Waals surface area contributed by atoms with Crippen LogP contribution in [-0.2, 0) is 4.79 Å². The highest BCUT2D eigenvalue weighted by atomic mass is 19.4. The number of nitrogens with zero attached hydrogens (tertiary/aromatic N) is 5. The SMILES string of the molecule is CC(C(=O)N[C@@H]1C[C@H](C(F)(F)F)CN(c2ccc(C#N)c3ncccc23)C1)N1CCN(C)CC1. The third kappa shape index (κ3) is 5.10. The van der Waals surface area contributed by atoms with Crippen molar-refractivity contribution in [3.8, 4) is 6.07 Å². The first-order valence-electron chi connectivity index (χ1n) is 11.5. The molecular weight excluding hydrogens is 445 g/mol. The fraction of sp³-hybridized carbons (Fsp3) is 0.542. The third-order valence-corrected chi connectivity index (χ3v) is 6.93. The molecule has 1 amide bonds. The molecule has 2 aliphatic heterocycles. The molecule has 1 N–H and O–H groups in total. The van der Waals surface area contributed by atoms with Gasteiger partial charge in [-0.15, -0.1) is 0 Å². The van der Waals surface area contributed by atoms with E-state index in [1.165, 1.54) is 0 Å². The number of hydrogen-bond donors (Lipinski definition) is 1. The largest absolute Gasteiger partial charge is 0.393 e. The predicted molar refractivity (Wildman–Crippen MR) is 123 cm³/mol. The second-order valence-corrected chi connectivity index (χ2v) is 9.24. The Hall–Kier alpha value is -2.90. The van der Waals surface area contributed by atoms with Crippen molar-refractivity contribution in [3.63, 3.8) is 0 Å². The lowest BCUT2D eigenvalue weighted by atomic mass is 9.92. The summed E-state index contributed by atoms with van der Waals surface area (Å²) in [7, 11) is 2.03. The number of rotatable bonds is 4. The summed E-state index contributed by atoms with van der Waals surface area (Å²) in [4.78, 5) is 23.2. The monoisotopic (exact) mass is 474 g/mol. The van der Waals surface area contributed by atoms with Gasteiger partial charge in [-0.3, -0.25) is 14.7 Å². The minimum atomic E-state index is -4.38. The van der Waals surface area contributed by atoms with Crippen molar-refractivity contribution >= 4 is 22.5 Å². The molecule has 182 valence electrons. The number of fused-ring (bicyclic) bond motifs is 1. The molecule has 1 aromatic carbocycles. The lowest BCUT2D eigenvalue weighted by molar-refractivity contribution is -0.178. The number of halogens is 3. The van der Waals surface area contributed by atoms with Crippen molar-refractivity contribution in [1.29, 1.82) is 5.26 Å². The highest BCUT2D eigenvalue weighted by molar-refractivity contribution is 5.95. The van der Waals surface area contributed by atoms with Crippen molar-refractivity contribution in [3.05, 3.63) is 36.0 Å². The molecule has 2 aromatic rings. The molecule has 4 rings (SSSR count). The summed E-state index contributed by atoms with van der Waals surface area (Å²) in [6.45, 7) is 5.05. The predicted octanol–water partition coefficient (Wildman–Crippen LogP) is 2.62. The van der Waals surface area contributed by atoms with E-state index in [0.717, 1.165) is 26.2 Å². The van der Waals surface area contributed by atoms with Gasteiger partial charge in [0.2, 0.25) is 5.91 Å². The highest BCUT2D eigenvalue weighted by Crippen LogP contribution is 2.37. The van der Waals surface area contributed by atoms with Gasteiger partial charge in [0.05, 0.1) is 23.0 Å². The molecule has 2 aliphatic rings. The highest BCUT2D eigenvalue weighted by Gasteiger charge is 2.45. The van der Waals surface area contributed by atoms with E-state index in [0.29, 0.717) is 22.2 Å². The van der Waals surface area contributed by atoms with Crippen LogP contribution in [0, 0.1) is 17.2 Å². The molecule has 0 aliphatic carbocycles. The molecule has 0 spiro atoms. The minimum absolute atomic E-state index is 0.159. The van der Waals surface area contributed by atoms with Crippen LogP contribution in [0.15, 0.2) is 30.5 Å². The van der Waals surface area contributed by atoms with E-state index >= 15 is 0 Å². The topological polar surface area (TPSA) is 75.5 Å². The molecule has 1 unspecified atom stereocenters. The Morgan fingerprint density at radius 3 is 2.62 bits per heavy atom. The number of nitrogens with one attached hydrogen (secondary N) is 1. The van der Waals surface area contributed by atoms with Crippen LogP contribution in [0.25, 0.3) is 10.9 Å². The van der Waals surface area contributed by atoms with E-state index in [1.54, 1.807) is 35.4 Å². The Bertz CT molecular complexity index is 1080. The van der Waals surface area contributed by atoms with Gasteiger partial charge in [0.1, 0.15) is 6.07 Å². The Balaban J connectivity index is 1.56. The molecule has 2 saturated heterocycles. The Kier molecular flexibility index (Phi) is 6.96. The number of alkyl halides is 3. The number of aromatic nitrogens is 1. The number of amides is 1. The Morgan fingerprint density at radius 1 is 1.21 bits per heavy atom. The molecule has 1 aromatic heterocycles. The lowest BCUT2D eigenvalue weighted by Crippen LogP contribution is -2.58. The number of hydrogen-bond acceptors (Lipinski definition) is 6. The average Bonchev–Trinajstić information content (AvgIpc) is 2.82. The van der Waals surface area contributed by atoms with Crippen molar-refractivity contribution in [1.82, 2.24) is 20.1 Å². The molecule has 34 heavy (non-hydrogen) atoms. The Morgan fingerprint density at radius 2 is 1.94 bits per heavy atom. The zero-order valence-electron chi connectivity index (χ0n) is 19.3. The molecule has 0 saturated carbocycles. The molecule has 0 bridgehead atoms. The first-order valence-corrected chi connectivity index (χ1v) is 11.5. The zero-order valence-corrected chi connectivity index (χ0v) is 19.3. The van der Waals surface area contributed by atoms with E-state index in [2.05, 4.69) is 26.2 Å². The lowest BCUT2D eigenvalue weighted by Gasteiger charge is -2.41. The number of nitriles is 1. The van der Waals surface area contributed by atoms with Crippen LogP contribution in [0.5, 0.6) is 0 Å². The van der Waals surface area contributed by atoms with E-state index in [-0.39, 0.29) is 25.4 Å². The number of carbonyl (C=O) groups is 1. The number of anilines is 1. The first-order chi connectivity index (χ1) is 16.2. The summed E-state index contributed by atoms with van der Waals surface area (Å²) in [6.07, 6.45) is -2.98. The first kappa shape index (κ1) is 24.2. The normalized spacial score (nSPS) is 23.5. The van der Waals surface area contributed by atoms with Crippen LogP contribution in [0.1, 0.15) is 18.9 Å². The van der Waals surface area contributed by atoms with Crippen LogP contribution in [-0.4, -0.2) is 85.3 Å². The van der Waals surface area contributed by atoms with Crippen molar-refractivity contribution in [2.24, 2.45) is 5.92 Å². The third-order valence-electron chi connectivity index (χ3n) is 6.93. The molecule has 0 radical (unpaired) electrons. The van der Waals surface area contributed by atoms with Gasteiger partial charge in [0, 0.05) is 62.6 Å². The fourth-order valence-electron chi connectivity index (χ4n) is 4.86. The number of pyridine rings is 1. The van der Waals surface area contributed by atoms with Gasteiger partial charge in [-0.1, -0.05) is 0 Å². The second-order valence-electron chi connectivity index (χ2n) is 9.24. The van der Waals surface area contributed by atoms with E-state index in [1.807, 2.05) is 14.0 Å². The van der Waals surface area contributed by atoms with Gasteiger partial charge in [-0.25, -0.2) is 0 Å². The van der Waals surface area contributed by atoms with Gasteiger partial charge in [0.25, 0.3) is 0 Å². The molecular formula is C24H29F3N6O. The number of piperidine rings is 1. The van der Waals surface area contributed by atoms with Gasteiger partial charge in [-0.2, -0.15) is 18.4 Å². The van der Waals surface area contributed by atoms with Crippen LogP contribution >= 0.6 is 0 Å². The second kappa shape index (κ2) is 9.76. The number of benzene rings is 1. The summed E-state index contributed by atoms with van der Waals surface area (Å²) in [5, 5.41) is 12.9. The maximum absolute atomic E-state index is 13.9. The van der Waals surface area contributed by atoms with Crippen LogP contribution in [0.4, 0.5) is 18.9 Å². The van der Waals surface area contributed by atoms with Crippen LogP contribution < -0.4 is 10.2 Å². The smallest absolute Gasteiger partial charge is 0.368 e. The van der Waals surface area contributed by atoms with E-state index < -0.39 is 24.2 Å². The number of piperazine rings is 1. The quantitative estimate of drug-likeness (QED) is 0.735. The molecule has 2 fully saturated rings. The van der Waals surface area contributed by atoms with Gasteiger partial charge < -0.3 is 15.1 Å². The van der Waals surface area contributed by atoms with Gasteiger partial charge in [0.15, 0.2) is 0 Å². The standard InChI is InChI=1S/C24H29F3N6O/c1-16(32-10-8-31(2)9-11-32)23(34)30-19-12-18(24(25,26)27)14-33(15-19)21-6-5-17(13-28)22-20(21)4-3-7-29-22/h3-7,16,18-19H,8-12,14-15H2,1-2H3,(H,30,34)/t16?,18-,19+/m0/s1. The van der Waals surface area contributed by atoms with Crippen molar-refractivity contribution in [2.75, 3.05) is 51.2 Å². The molecule has 10 heteroatoms.